The summed E-state index contributed by atoms with van der Waals surface area (Å²) in [6.07, 6.45) is 2.77. The van der Waals surface area contributed by atoms with Crippen LogP contribution in [0.5, 0.6) is 0 Å². The Balaban J connectivity index is 3.44. The number of nitrogens with zero attached hydrogens (tertiary/aromatic N) is 1. The highest BCUT2D eigenvalue weighted by Gasteiger charge is 2.41. The summed E-state index contributed by atoms with van der Waals surface area (Å²) in [5, 5.41) is 5.68. The van der Waals surface area contributed by atoms with E-state index in [1.165, 1.54) is 0 Å². The van der Waals surface area contributed by atoms with Gasteiger partial charge in [-0.1, -0.05) is 44.2 Å². The molecule has 1 aromatic rings. The standard InChI is InChI=1S/C27H43N3O4/c1-11-14-18(3)28-23(31)22(21-16-13-15-20(12-2)17-21)30(26(5,6)7)24(32)19(4)29-25(33)34-27(8,9)10/h12-13,15-19,22H,2,11,14H2,1,3-10H3,(H,28,31)(H,29,33). The molecule has 1 rings (SSSR count). The van der Waals surface area contributed by atoms with Gasteiger partial charge in [-0.2, -0.15) is 0 Å². The SMILES string of the molecule is C=Cc1cccc(C(C(=O)NC(C)CCC)N(C(=O)C(C)NC(=O)OC(C)(C)C)C(C)(C)C)c1. The Bertz CT molecular complexity index is 867. The van der Waals surface area contributed by atoms with Gasteiger partial charge in [0.05, 0.1) is 0 Å². The van der Waals surface area contributed by atoms with Crippen molar-refractivity contribution in [3.05, 3.63) is 42.0 Å². The van der Waals surface area contributed by atoms with Crippen molar-refractivity contribution >= 4 is 24.0 Å². The summed E-state index contributed by atoms with van der Waals surface area (Å²) in [5.74, 6) is -0.652. The van der Waals surface area contributed by atoms with E-state index >= 15 is 0 Å². The number of ether oxygens (including phenoxy) is 1. The van der Waals surface area contributed by atoms with E-state index in [-0.39, 0.29) is 17.9 Å². The van der Waals surface area contributed by atoms with Crippen LogP contribution in [0, 0.1) is 0 Å². The zero-order valence-corrected chi connectivity index (χ0v) is 22.3. The van der Waals surface area contributed by atoms with E-state index in [0.29, 0.717) is 5.56 Å². The van der Waals surface area contributed by atoms with Gasteiger partial charge in [-0.15, -0.1) is 0 Å². The Hall–Kier alpha value is -2.83. The molecule has 1 aromatic carbocycles. The highest BCUT2D eigenvalue weighted by molar-refractivity contribution is 5.92. The minimum absolute atomic E-state index is 0.0446. The summed E-state index contributed by atoms with van der Waals surface area (Å²) in [6.45, 7) is 20.3. The fourth-order valence-electron chi connectivity index (χ4n) is 3.70. The summed E-state index contributed by atoms with van der Waals surface area (Å²) in [5.41, 5.74) is 0.102. The monoisotopic (exact) mass is 473 g/mol. The fourth-order valence-corrected chi connectivity index (χ4v) is 3.70. The quantitative estimate of drug-likeness (QED) is 0.515. The van der Waals surface area contributed by atoms with E-state index in [9.17, 15) is 14.4 Å². The number of carbonyl (C=O) groups excluding carboxylic acids is 3. The summed E-state index contributed by atoms with van der Waals surface area (Å²) in [6, 6.07) is 5.59. The van der Waals surface area contributed by atoms with E-state index in [2.05, 4.69) is 24.1 Å². The third kappa shape index (κ3) is 8.84. The molecule has 3 unspecified atom stereocenters. The van der Waals surface area contributed by atoms with Gasteiger partial charge in [-0.3, -0.25) is 9.59 Å². The molecule has 7 nitrogen and oxygen atoms in total. The van der Waals surface area contributed by atoms with Crippen LogP contribution in [0.25, 0.3) is 6.08 Å². The van der Waals surface area contributed by atoms with Gasteiger partial charge in [0.15, 0.2) is 0 Å². The third-order valence-electron chi connectivity index (χ3n) is 5.14. The van der Waals surface area contributed by atoms with E-state index in [0.717, 1.165) is 18.4 Å². The highest BCUT2D eigenvalue weighted by atomic mass is 16.6. The normalized spacial score (nSPS) is 14.4. The predicted molar refractivity (Wildman–Crippen MR) is 137 cm³/mol. The second kappa shape index (κ2) is 12.0. The molecule has 0 aliphatic rings. The van der Waals surface area contributed by atoms with Crippen molar-refractivity contribution in [2.24, 2.45) is 0 Å². The van der Waals surface area contributed by atoms with Gasteiger partial charge in [-0.05, 0) is 79.0 Å². The van der Waals surface area contributed by atoms with Crippen LogP contribution in [0.4, 0.5) is 4.79 Å². The van der Waals surface area contributed by atoms with Crippen molar-refractivity contribution in [1.29, 1.82) is 0 Å². The third-order valence-corrected chi connectivity index (χ3v) is 5.14. The largest absolute Gasteiger partial charge is 0.444 e. The molecule has 0 heterocycles. The van der Waals surface area contributed by atoms with E-state index < -0.39 is 29.3 Å². The smallest absolute Gasteiger partial charge is 0.408 e. The van der Waals surface area contributed by atoms with Crippen LogP contribution in [0.3, 0.4) is 0 Å². The first-order valence-corrected chi connectivity index (χ1v) is 12.0. The van der Waals surface area contributed by atoms with E-state index in [1.807, 2.05) is 52.0 Å². The number of rotatable bonds is 9. The van der Waals surface area contributed by atoms with Gasteiger partial charge in [-0.25, -0.2) is 4.79 Å². The molecular formula is C27H43N3O4. The lowest BCUT2D eigenvalue weighted by atomic mass is 9.94. The molecule has 0 bridgehead atoms. The van der Waals surface area contributed by atoms with E-state index in [1.54, 1.807) is 38.7 Å². The number of hydrogen-bond donors (Lipinski definition) is 2. The predicted octanol–water partition coefficient (Wildman–Crippen LogP) is 5.22. The topological polar surface area (TPSA) is 87.7 Å². The molecule has 34 heavy (non-hydrogen) atoms. The lowest BCUT2D eigenvalue weighted by Crippen LogP contribution is -2.58. The molecule has 2 N–H and O–H groups in total. The van der Waals surface area contributed by atoms with Gasteiger partial charge in [0, 0.05) is 11.6 Å². The molecule has 0 spiro atoms. The first kappa shape index (κ1) is 29.2. The lowest BCUT2D eigenvalue weighted by molar-refractivity contribution is -0.148. The average Bonchev–Trinajstić information content (AvgIpc) is 2.68. The zero-order chi connectivity index (χ0) is 26.3. The lowest BCUT2D eigenvalue weighted by Gasteiger charge is -2.43. The van der Waals surface area contributed by atoms with Crippen LogP contribution in [0.2, 0.25) is 0 Å². The van der Waals surface area contributed by atoms with Crippen LogP contribution >= 0.6 is 0 Å². The first-order chi connectivity index (χ1) is 15.6. The van der Waals surface area contributed by atoms with Crippen LogP contribution in [-0.2, 0) is 14.3 Å². The Labute approximate surface area is 205 Å². The number of carbonyl (C=O) groups is 3. The van der Waals surface area contributed by atoms with Crippen molar-refractivity contribution in [2.45, 2.75) is 104 Å². The maximum absolute atomic E-state index is 13.7. The zero-order valence-electron chi connectivity index (χ0n) is 22.3. The molecule has 190 valence electrons. The van der Waals surface area contributed by atoms with Gasteiger partial charge >= 0.3 is 6.09 Å². The van der Waals surface area contributed by atoms with Crippen molar-refractivity contribution < 1.29 is 19.1 Å². The highest BCUT2D eigenvalue weighted by Crippen LogP contribution is 2.31. The molecule has 0 saturated heterocycles. The van der Waals surface area contributed by atoms with Crippen LogP contribution in [-0.4, -0.2) is 46.0 Å². The second-order valence-corrected chi connectivity index (χ2v) is 10.7. The van der Waals surface area contributed by atoms with Gasteiger partial charge < -0.3 is 20.3 Å². The summed E-state index contributed by atoms with van der Waals surface area (Å²) >= 11 is 0. The Morgan fingerprint density at radius 3 is 2.21 bits per heavy atom. The van der Waals surface area contributed by atoms with Crippen molar-refractivity contribution in [3.8, 4) is 0 Å². The van der Waals surface area contributed by atoms with Crippen molar-refractivity contribution in [1.82, 2.24) is 15.5 Å². The Kier molecular flexibility index (Phi) is 10.3. The number of amides is 3. The van der Waals surface area contributed by atoms with Gasteiger partial charge in [0.1, 0.15) is 17.7 Å². The summed E-state index contributed by atoms with van der Waals surface area (Å²) in [4.78, 5) is 41.2. The minimum atomic E-state index is -0.903. The molecule has 0 aliphatic heterocycles. The molecule has 3 atom stereocenters. The molecule has 0 aliphatic carbocycles. The molecule has 7 heteroatoms. The second-order valence-electron chi connectivity index (χ2n) is 10.7. The Morgan fingerprint density at radius 2 is 1.71 bits per heavy atom. The number of alkyl carbamates (subject to hydrolysis) is 1. The average molecular weight is 474 g/mol. The fraction of sp³-hybridized carbons (Fsp3) is 0.593. The number of nitrogens with one attached hydrogen (secondary N) is 2. The van der Waals surface area contributed by atoms with E-state index in [4.69, 9.17) is 4.74 Å². The van der Waals surface area contributed by atoms with Crippen LogP contribution in [0.15, 0.2) is 30.8 Å². The number of benzene rings is 1. The maximum Gasteiger partial charge on any atom is 0.408 e. The minimum Gasteiger partial charge on any atom is -0.444 e. The van der Waals surface area contributed by atoms with Crippen LogP contribution < -0.4 is 10.6 Å². The summed E-state index contributed by atoms with van der Waals surface area (Å²) in [7, 11) is 0. The van der Waals surface area contributed by atoms with Gasteiger partial charge in [0.2, 0.25) is 11.8 Å². The van der Waals surface area contributed by atoms with Crippen LogP contribution in [0.1, 0.15) is 92.3 Å². The van der Waals surface area contributed by atoms with Gasteiger partial charge in [0.25, 0.3) is 0 Å². The molecule has 0 fully saturated rings. The molecule has 0 radical (unpaired) electrons. The van der Waals surface area contributed by atoms with Crippen molar-refractivity contribution in [3.63, 3.8) is 0 Å². The molecule has 3 amide bonds. The molecule has 0 saturated carbocycles. The summed E-state index contributed by atoms with van der Waals surface area (Å²) < 4.78 is 5.32. The molecule has 0 aromatic heterocycles. The Morgan fingerprint density at radius 1 is 1.09 bits per heavy atom. The number of hydrogen-bond acceptors (Lipinski definition) is 4. The first-order valence-electron chi connectivity index (χ1n) is 12.0. The van der Waals surface area contributed by atoms with Crippen molar-refractivity contribution in [2.75, 3.05) is 0 Å². The molecular weight excluding hydrogens is 430 g/mol. The maximum atomic E-state index is 13.7.